The second kappa shape index (κ2) is 11.6. The number of Topliss-reactive ketones (excluding diaryl/α,β-unsaturated/α-hetero) is 1. The Kier molecular flexibility index (Phi) is 10.3. The number of nitriles is 1. The Morgan fingerprint density at radius 1 is 1.35 bits per heavy atom. The van der Waals surface area contributed by atoms with Crippen LogP contribution in [0.1, 0.15) is 49.4 Å². The van der Waals surface area contributed by atoms with Crippen LogP contribution in [0.2, 0.25) is 0 Å². The van der Waals surface area contributed by atoms with Crippen molar-refractivity contribution in [3.8, 4) is 6.07 Å². The number of nitrogens with zero attached hydrogens (tertiary/aromatic N) is 2. The van der Waals surface area contributed by atoms with Gasteiger partial charge in [-0.3, -0.25) is 4.79 Å². The van der Waals surface area contributed by atoms with E-state index in [0.29, 0.717) is 11.1 Å². The van der Waals surface area contributed by atoms with Crippen molar-refractivity contribution in [1.82, 2.24) is 0 Å². The van der Waals surface area contributed by atoms with Crippen molar-refractivity contribution in [2.24, 2.45) is 5.16 Å². The van der Waals surface area contributed by atoms with Crippen LogP contribution in [0.3, 0.4) is 0 Å². The number of ketones is 1. The lowest BCUT2D eigenvalue weighted by Gasteiger charge is -2.09. The molecule has 0 saturated carbocycles. The largest absolute Gasteiger partial charge is 0.410 e. The van der Waals surface area contributed by atoms with Gasteiger partial charge in [-0.15, -0.1) is 0 Å². The molecule has 0 aliphatic heterocycles. The van der Waals surface area contributed by atoms with Gasteiger partial charge in [0.2, 0.25) is 0 Å². The molecular formula is C22H28N2O2. The fraction of sp³-hybridized carbons (Fsp3) is 0.318. The summed E-state index contributed by atoms with van der Waals surface area (Å²) in [5.74, 6) is -0.231. The lowest BCUT2D eigenvalue weighted by Crippen LogP contribution is -2.14. The minimum absolute atomic E-state index is 0.124. The third-order valence-electron chi connectivity index (χ3n) is 3.92. The maximum atomic E-state index is 11.3. The second-order valence-corrected chi connectivity index (χ2v) is 5.87. The molecule has 0 fully saturated rings. The average molecular weight is 352 g/mol. The average Bonchev–Trinajstić information content (AvgIpc) is 2.60. The van der Waals surface area contributed by atoms with Crippen LogP contribution in [0.5, 0.6) is 0 Å². The maximum Gasteiger partial charge on any atom is 0.182 e. The lowest BCUT2D eigenvalue weighted by atomic mass is 9.95. The highest BCUT2D eigenvalue weighted by molar-refractivity contribution is 6.45. The van der Waals surface area contributed by atoms with Gasteiger partial charge in [0, 0.05) is 12.5 Å². The summed E-state index contributed by atoms with van der Waals surface area (Å²) < 4.78 is 0. The molecule has 0 saturated heterocycles. The van der Waals surface area contributed by atoms with E-state index in [2.05, 4.69) is 17.8 Å². The standard InChI is InChI=1S/C12H15NO2.C10H13N/c1-7-5-8(2)9(3)11(6-7)12(13-15)10(4)14;1-4-7-9(5-2)10(6-3)8-11/h5-6,15H,1-4H3;4,6-7H,3,5H2,1-2H3/b13-12+;7-4-,10-9+. The van der Waals surface area contributed by atoms with E-state index in [0.717, 1.165) is 28.7 Å². The van der Waals surface area contributed by atoms with E-state index in [-0.39, 0.29) is 11.5 Å². The highest BCUT2D eigenvalue weighted by atomic mass is 16.4. The smallest absolute Gasteiger partial charge is 0.182 e. The molecule has 0 unspecified atom stereocenters. The summed E-state index contributed by atoms with van der Waals surface area (Å²) in [5.41, 5.74) is 5.67. The molecule has 0 aliphatic rings. The summed E-state index contributed by atoms with van der Waals surface area (Å²) in [7, 11) is 0. The lowest BCUT2D eigenvalue weighted by molar-refractivity contribution is -0.111. The van der Waals surface area contributed by atoms with Crippen LogP contribution >= 0.6 is 0 Å². The molecule has 4 nitrogen and oxygen atoms in total. The van der Waals surface area contributed by atoms with Crippen molar-refractivity contribution in [1.29, 1.82) is 5.26 Å². The van der Waals surface area contributed by atoms with Gasteiger partial charge in [0.1, 0.15) is 0 Å². The molecular weight excluding hydrogens is 324 g/mol. The van der Waals surface area contributed by atoms with E-state index in [1.54, 1.807) is 6.08 Å². The first-order valence-corrected chi connectivity index (χ1v) is 8.46. The zero-order chi connectivity index (χ0) is 20.3. The molecule has 1 N–H and O–H groups in total. The van der Waals surface area contributed by atoms with Gasteiger partial charge >= 0.3 is 0 Å². The third-order valence-corrected chi connectivity index (χ3v) is 3.92. The number of aryl methyl sites for hydroxylation is 2. The molecule has 0 bridgehead atoms. The van der Waals surface area contributed by atoms with Crippen LogP contribution in [0.25, 0.3) is 0 Å². The van der Waals surface area contributed by atoms with E-state index in [1.165, 1.54) is 6.92 Å². The molecule has 1 rings (SSSR count). The van der Waals surface area contributed by atoms with Crippen LogP contribution in [0, 0.1) is 32.1 Å². The summed E-state index contributed by atoms with van der Waals surface area (Å²) in [6, 6.07) is 5.99. The van der Waals surface area contributed by atoms with Crippen LogP contribution in [0.4, 0.5) is 0 Å². The van der Waals surface area contributed by atoms with Gasteiger partial charge in [0.05, 0.1) is 11.6 Å². The highest BCUT2D eigenvalue weighted by Crippen LogP contribution is 2.17. The van der Waals surface area contributed by atoms with E-state index in [9.17, 15) is 4.79 Å². The molecule has 0 amide bonds. The van der Waals surface area contributed by atoms with Gasteiger partial charge in [0.15, 0.2) is 11.5 Å². The molecule has 0 spiro atoms. The Morgan fingerprint density at radius 2 is 1.96 bits per heavy atom. The number of benzene rings is 1. The number of oxime groups is 1. The summed E-state index contributed by atoms with van der Waals surface area (Å²) in [5, 5.41) is 20.5. The summed E-state index contributed by atoms with van der Waals surface area (Å²) >= 11 is 0. The predicted octanol–water partition coefficient (Wildman–Crippen LogP) is 5.36. The maximum absolute atomic E-state index is 11.3. The van der Waals surface area contributed by atoms with E-state index in [4.69, 9.17) is 10.5 Å². The van der Waals surface area contributed by atoms with Gasteiger partial charge in [-0.25, -0.2) is 0 Å². The molecule has 1 aromatic rings. The first-order chi connectivity index (χ1) is 12.3. The zero-order valence-electron chi connectivity index (χ0n) is 16.6. The molecule has 0 atom stereocenters. The molecule has 26 heavy (non-hydrogen) atoms. The Balaban J connectivity index is 0.000000508. The van der Waals surface area contributed by atoms with E-state index < -0.39 is 0 Å². The van der Waals surface area contributed by atoms with Crippen molar-refractivity contribution in [2.45, 2.75) is 48.0 Å². The number of carbonyl (C=O) groups excluding carboxylic acids is 1. The Hall–Kier alpha value is -2.93. The van der Waals surface area contributed by atoms with Crippen LogP contribution < -0.4 is 0 Å². The summed E-state index contributed by atoms with van der Waals surface area (Å²) in [6.45, 7) is 14.8. The van der Waals surface area contributed by atoms with Crippen LogP contribution in [-0.2, 0) is 4.79 Å². The summed E-state index contributed by atoms with van der Waals surface area (Å²) in [6.07, 6.45) is 6.35. The molecule has 0 aliphatic carbocycles. The Labute approximate surface area is 156 Å². The SMILES string of the molecule is C=C/C(C#N)=C(\C=C/C)CC.CC(=O)/C(=N\O)c1cc(C)cc(C)c1C. The van der Waals surface area contributed by atoms with E-state index in [1.807, 2.05) is 58.9 Å². The number of allylic oxidation sites excluding steroid dienone is 5. The second-order valence-electron chi connectivity index (χ2n) is 5.87. The van der Waals surface area contributed by atoms with Crippen molar-refractivity contribution < 1.29 is 10.0 Å². The molecule has 0 aromatic heterocycles. The fourth-order valence-electron chi connectivity index (χ4n) is 2.45. The number of carbonyl (C=O) groups is 1. The van der Waals surface area contributed by atoms with Gasteiger partial charge in [0.25, 0.3) is 0 Å². The normalized spacial score (nSPS) is 12.0. The Bertz CT molecular complexity index is 791. The molecule has 4 heteroatoms. The third kappa shape index (κ3) is 6.52. The van der Waals surface area contributed by atoms with Gasteiger partial charge < -0.3 is 5.21 Å². The summed E-state index contributed by atoms with van der Waals surface area (Å²) in [4.78, 5) is 11.3. The number of rotatable bonds is 5. The highest BCUT2D eigenvalue weighted by Gasteiger charge is 2.14. The van der Waals surface area contributed by atoms with Crippen molar-refractivity contribution in [3.63, 3.8) is 0 Å². The predicted molar refractivity (Wildman–Crippen MR) is 108 cm³/mol. The molecule has 1 aromatic carbocycles. The fourth-order valence-corrected chi connectivity index (χ4v) is 2.45. The minimum atomic E-state index is -0.231. The van der Waals surface area contributed by atoms with Gasteiger partial charge in [-0.2, -0.15) is 5.26 Å². The molecule has 0 heterocycles. The molecule has 138 valence electrons. The number of hydrogen-bond acceptors (Lipinski definition) is 4. The van der Waals surface area contributed by atoms with Crippen LogP contribution in [0.15, 0.2) is 53.2 Å². The quantitative estimate of drug-likeness (QED) is 0.255. The van der Waals surface area contributed by atoms with Gasteiger partial charge in [-0.1, -0.05) is 48.5 Å². The first kappa shape index (κ1) is 23.1. The van der Waals surface area contributed by atoms with Gasteiger partial charge in [-0.05, 0) is 56.9 Å². The minimum Gasteiger partial charge on any atom is -0.410 e. The number of hydrogen-bond donors (Lipinski definition) is 1. The Morgan fingerprint density at radius 3 is 2.35 bits per heavy atom. The molecule has 0 radical (unpaired) electrons. The van der Waals surface area contributed by atoms with Crippen molar-refractivity contribution in [2.75, 3.05) is 0 Å². The van der Waals surface area contributed by atoms with Crippen molar-refractivity contribution >= 4 is 11.5 Å². The topological polar surface area (TPSA) is 73.5 Å². The van der Waals surface area contributed by atoms with E-state index >= 15 is 0 Å². The first-order valence-electron chi connectivity index (χ1n) is 8.46. The van der Waals surface area contributed by atoms with Crippen molar-refractivity contribution in [3.05, 3.63) is 70.3 Å². The monoisotopic (exact) mass is 352 g/mol. The van der Waals surface area contributed by atoms with Crippen LogP contribution in [-0.4, -0.2) is 16.7 Å². The zero-order valence-corrected chi connectivity index (χ0v) is 16.6.